The van der Waals surface area contributed by atoms with Gasteiger partial charge in [-0.05, 0) is 82.7 Å². The Bertz CT molecular complexity index is 1780. The Balaban J connectivity index is 1.38. The molecule has 0 radical (unpaired) electrons. The fourth-order valence-electron chi connectivity index (χ4n) is 5.19. The average molecular weight is 516 g/mol. The second-order valence-electron chi connectivity index (χ2n) is 9.88. The highest BCUT2D eigenvalue weighted by Gasteiger charge is 2.15. The fourth-order valence-corrected chi connectivity index (χ4v) is 5.19. The van der Waals surface area contributed by atoms with Crippen LogP contribution in [-0.4, -0.2) is 7.05 Å². The van der Waals surface area contributed by atoms with Crippen LogP contribution in [0.4, 0.5) is 22.7 Å². The van der Waals surface area contributed by atoms with Gasteiger partial charge in [-0.1, -0.05) is 84.9 Å². The fraction of sp³-hybridized carbons (Fsp3) is 0.0541. The Morgan fingerprint density at radius 1 is 0.575 bits per heavy atom. The second-order valence-corrected chi connectivity index (χ2v) is 9.88. The molecule has 0 aromatic heterocycles. The Morgan fingerprint density at radius 2 is 1.18 bits per heavy atom. The highest BCUT2D eigenvalue weighted by Crippen LogP contribution is 2.36. The molecule has 192 valence electrons. The van der Waals surface area contributed by atoms with Crippen LogP contribution in [0, 0.1) is 11.3 Å². The maximum Gasteiger partial charge on any atom is 0.0991 e. The SMILES string of the molecule is CN(c1ccc(C#N)cc1)c1ccc(N(Cc2cccc(-c3ccccc3)c2)c2cccc3ccccc23)cc1. The first-order chi connectivity index (χ1) is 19.7. The molecule has 0 amide bonds. The third kappa shape index (κ3) is 5.16. The van der Waals surface area contributed by atoms with Gasteiger partial charge in [0.25, 0.3) is 0 Å². The van der Waals surface area contributed by atoms with Gasteiger partial charge in [-0.2, -0.15) is 5.26 Å². The standard InChI is InChI=1S/C37H29N3/c1-39(33-19-17-28(26-38)18-20-33)34-21-23-35(24-22-34)40(37-16-8-13-31-12-5-6-15-36(31)37)27-29-9-7-14-32(25-29)30-10-3-2-4-11-30/h2-25H,27H2,1H3. The largest absolute Gasteiger partial charge is 0.345 e. The molecule has 0 aliphatic heterocycles. The van der Waals surface area contributed by atoms with Crippen molar-refractivity contribution in [3.63, 3.8) is 0 Å². The van der Waals surface area contributed by atoms with Crippen molar-refractivity contribution in [2.45, 2.75) is 6.54 Å². The number of nitrogens with zero attached hydrogens (tertiary/aromatic N) is 3. The maximum atomic E-state index is 9.14. The molecule has 0 atom stereocenters. The van der Waals surface area contributed by atoms with Crippen molar-refractivity contribution in [2.75, 3.05) is 16.8 Å². The maximum absolute atomic E-state index is 9.14. The van der Waals surface area contributed by atoms with Crippen molar-refractivity contribution < 1.29 is 0 Å². The highest BCUT2D eigenvalue weighted by atomic mass is 15.1. The summed E-state index contributed by atoms with van der Waals surface area (Å²) in [4.78, 5) is 4.54. The molecule has 0 N–H and O–H groups in total. The van der Waals surface area contributed by atoms with E-state index < -0.39 is 0 Å². The topological polar surface area (TPSA) is 30.3 Å². The van der Waals surface area contributed by atoms with Gasteiger partial charge < -0.3 is 9.80 Å². The number of nitriles is 1. The van der Waals surface area contributed by atoms with Crippen LogP contribution >= 0.6 is 0 Å². The predicted molar refractivity (Wildman–Crippen MR) is 167 cm³/mol. The molecule has 0 aliphatic rings. The lowest BCUT2D eigenvalue weighted by molar-refractivity contribution is 0.980. The van der Waals surface area contributed by atoms with Crippen LogP contribution in [0.25, 0.3) is 21.9 Å². The molecule has 3 heteroatoms. The van der Waals surface area contributed by atoms with Gasteiger partial charge in [-0.15, -0.1) is 0 Å². The number of benzene rings is 6. The number of hydrogen-bond acceptors (Lipinski definition) is 3. The van der Waals surface area contributed by atoms with Crippen molar-refractivity contribution in [1.82, 2.24) is 0 Å². The van der Waals surface area contributed by atoms with Crippen LogP contribution in [0.3, 0.4) is 0 Å². The Labute approximate surface area is 235 Å². The lowest BCUT2D eigenvalue weighted by Gasteiger charge is -2.28. The van der Waals surface area contributed by atoms with Crippen LogP contribution in [0.2, 0.25) is 0 Å². The van der Waals surface area contributed by atoms with Crippen LogP contribution in [0.15, 0.2) is 146 Å². The Kier molecular flexibility index (Phi) is 6.99. The average Bonchev–Trinajstić information content (AvgIpc) is 3.04. The van der Waals surface area contributed by atoms with E-state index >= 15 is 0 Å². The van der Waals surface area contributed by atoms with E-state index in [4.69, 9.17) is 5.26 Å². The lowest BCUT2D eigenvalue weighted by atomic mass is 10.0. The normalized spacial score (nSPS) is 10.7. The molecule has 6 rings (SSSR count). The first-order valence-electron chi connectivity index (χ1n) is 13.4. The highest BCUT2D eigenvalue weighted by molar-refractivity contribution is 5.96. The molecule has 3 nitrogen and oxygen atoms in total. The summed E-state index contributed by atoms with van der Waals surface area (Å²) in [6, 6.07) is 53.0. The van der Waals surface area contributed by atoms with E-state index in [-0.39, 0.29) is 0 Å². The van der Waals surface area contributed by atoms with Crippen LogP contribution in [0.1, 0.15) is 11.1 Å². The third-order valence-corrected chi connectivity index (χ3v) is 7.36. The summed E-state index contributed by atoms with van der Waals surface area (Å²) in [6.45, 7) is 0.736. The minimum Gasteiger partial charge on any atom is -0.345 e. The molecule has 0 unspecified atom stereocenters. The Hall–Kier alpha value is -5.33. The molecule has 0 saturated carbocycles. The Morgan fingerprint density at radius 3 is 1.93 bits per heavy atom. The van der Waals surface area contributed by atoms with E-state index in [1.54, 1.807) is 0 Å². The van der Waals surface area contributed by atoms with Crippen LogP contribution < -0.4 is 9.80 Å². The molecule has 0 heterocycles. The van der Waals surface area contributed by atoms with E-state index in [0.717, 1.165) is 23.6 Å². The summed E-state index contributed by atoms with van der Waals surface area (Å²) >= 11 is 0. The molecular weight excluding hydrogens is 486 g/mol. The number of fused-ring (bicyclic) bond motifs is 1. The predicted octanol–water partition coefficient (Wildman–Crippen LogP) is 9.48. The van der Waals surface area contributed by atoms with Crippen molar-refractivity contribution in [2.24, 2.45) is 0 Å². The molecule has 40 heavy (non-hydrogen) atoms. The zero-order chi connectivity index (χ0) is 27.3. The summed E-state index contributed by atoms with van der Waals surface area (Å²) in [6.07, 6.45) is 0. The van der Waals surface area contributed by atoms with E-state index in [0.29, 0.717) is 5.56 Å². The number of anilines is 4. The zero-order valence-corrected chi connectivity index (χ0v) is 22.4. The van der Waals surface area contributed by atoms with E-state index in [9.17, 15) is 0 Å². The second kappa shape index (κ2) is 11.2. The van der Waals surface area contributed by atoms with Gasteiger partial charge in [0.2, 0.25) is 0 Å². The minimum absolute atomic E-state index is 0.662. The molecule has 0 spiro atoms. The van der Waals surface area contributed by atoms with Crippen LogP contribution in [-0.2, 0) is 6.54 Å². The molecule has 0 bridgehead atoms. The van der Waals surface area contributed by atoms with E-state index in [1.807, 2.05) is 31.3 Å². The van der Waals surface area contributed by atoms with Gasteiger partial charge in [0, 0.05) is 41.7 Å². The van der Waals surface area contributed by atoms with Gasteiger partial charge in [0.05, 0.1) is 11.6 Å². The van der Waals surface area contributed by atoms with Gasteiger partial charge in [-0.3, -0.25) is 0 Å². The van der Waals surface area contributed by atoms with Gasteiger partial charge in [0.1, 0.15) is 0 Å². The summed E-state index contributed by atoms with van der Waals surface area (Å²) < 4.78 is 0. The smallest absolute Gasteiger partial charge is 0.0991 e. The molecule has 0 fully saturated rings. The minimum atomic E-state index is 0.662. The summed E-state index contributed by atoms with van der Waals surface area (Å²) in [5.41, 5.74) is 8.76. The molecular formula is C37H29N3. The number of rotatable bonds is 7. The van der Waals surface area contributed by atoms with E-state index in [2.05, 4.69) is 137 Å². The van der Waals surface area contributed by atoms with Gasteiger partial charge in [-0.25, -0.2) is 0 Å². The molecule has 6 aromatic rings. The first kappa shape index (κ1) is 25.0. The molecule has 6 aromatic carbocycles. The summed E-state index contributed by atoms with van der Waals surface area (Å²) in [5, 5.41) is 11.6. The van der Waals surface area contributed by atoms with Gasteiger partial charge >= 0.3 is 0 Å². The monoisotopic (exact) mass is 515 g/mol. The van der Waals surface area contributed by atoms with E-state index in [1.165, 1.54) is 33.2 Å². The summed E-state index contributed by atoms with van der Waals surface area (Å²) in [7, 11) is 2.05. The first-order valence-corrected chi connectivity index (χ1v) is 13.4. The van der Waals surface area contributed by atoms with Crippen molar-refractivity contribution >= 4 is 33.5 Å². The van der Waals surface area contributed by atoms with Crippen LogP contribution in [0.5, 0.6) is 0 Å². The summed E-state index contributed by atoms with van der Waals surface area (Å²) in [5.74, 6) is 0. The van der Waals surface area contributed by atoms with Gasteiger partial charge in [0.15, 0.2) is 0 Å². The third-order valence-electron chi connectivity index (χ3n) is 7.36. The molecule has 0 saturated heterocycles. The van der Waals surface area contributed by atoms with Crippen molar-refractivity contribution in [1.29, 1.82) is 5.26 Å². The molecule has 0 aliphatic carbocycles. The quantitative estimate of drug-likeness (QED) is 0.212. The van der Waals surface area contributed by atoms with Crippen molar-refractivity contribution in [3.8, 4) is 17.2 Å². The number of hydrogen-bond donors (Lipinski definition) is 0. The zero-order valence-electron chi connectivity index (χ0n) is 22.4. The lowest BCUT2D eigenvalue weighted by Crippen LogP contribution is -2.17. The van der Waals surface area contributed by atoms with Crippen molar-refractivity contribution in [3.05, 3.63) is 157 Å².